The summed E-state index contributed by atoms with van der Waals surface area (Å²) in [6.45, 7) is 0. The van der Waals surface area contributed by atoms with Gasteiger partial charge in [-0.25, -0.2) is 14.6 Å². The molecule has 9 nitrogen and oxygen atoms in total. The molecule has 3 heterocycles. The molecule has 2 aliphatic heterocycles. The van der Waals surface area contributed by atoms with Crippen molar-refractivity contribution in [2.45, 2.75) is 28.3 Å². The number of carbonyl (C=O) groups is 4. The van der Waals surface area contributed by atoms with Crippen LogP contribution in [-0.2, 0) is 25.5 Å². The van der Waals surface area contributed by atoms with Gasteiger partial charge in [-0.3, -0.25) is 14.5 Å². The summed E-state index contributed by atoms with van der Waals surface area (Å²) >= 11 is 4.14. The maximum Gasteiger partial charge on any atom is 0.356 e. The molecule has 1 saturated heterocycles. The highest BCUT2D eigenvalue weighted by molar-refractivity contribution is 8.07. The Labute approximate surface area is 300 Å². The zero-order valence-electron chi connectivity index (χ0n) is 26.3. The van der Waals surface area contributed by atoms with E-state index in [-0.39, 0.29) is 29.5 Å². The number of aromatic carboxylic acids is 1. The van der Waals surface area contributed by atoms with Gasteiger partial charge in [0, 0.05) is 21.6 Å². The number of amides is 2. The maximum absolute atomic E-state index is 14.3. The van der Waals surface area contributed by atoms with Crippen LogP contribution in [0.1, 0.15) is 33.2 Å². The number of aromatic nitrogens is 1. The van der Waals surface area contributed by atoms with Crippen molar-refractivity contribution in [1.82, 2.24) is 15.2 Å². The van der Waals surface area contributed by atoms with Crippen LogP contribution in [0.4, 0.5) is 0 Å². The molecule has 0 unspecified atom stereocenters. The second-order valence-electron chi connectivity index (χ2n) is 11.5. The first kappa shape index (κ1) is 33.3. The van der Waals surface area contributed by atoms with E-state index in [4.69, 9.17) is 9.72 Å². The maximum atomic E-state index is 14.3. The molecule has 0 saturated carbocycles. The lowest BCUT2D eigenvalue weighted by molar-refractivity contribution is -0.154. The predicted octanol–water partition coefficient (Wildman–Crippen LogP) is 6.79. The molecule has 0 bridgehead atoms. The molecule has 1 fully saturated rings. The molecule has 0 aliphatic carbocycles. The van der Waals surface area contributed by atoms with E-state index in [1.54, 1.807) is 12.1 Å². The number of benzene rings is 4. The van der Waals surface area contributed by atoms with E-state index >= 15 is 0 Å². The van der Waals surface area contributed by atoms with Gasteiger partial charge in [0.05, 0.1) is 17.7 Å². The number of thiazole rings is 1. The molecule has 7 rings (SSSR count). The number of fused-ring (bicyclic) bond motifs is 1. The Kier molecular flexibility index (Phi) is 9.83. The summed E-state index contributed by atoms with van der Waals surface area (Å²) < 4.78 is 6.91. The van der Waals surface area contributed by atoms with Crippen molar-refractivity contribution in [1.29, 1.82) is 0 Å². The number of ether oxygens (including phenoxy) is 1. The number of esters is 1. The Bertz CT molecular complexity index is 2030. The van der Waals surface area contributed by atoms with Gasteiger partial charge in [0.25, 0.3) is 5.91 Å². The first-order valence-corrected chi connectivity index (χ1v) is 18.4. The molecule has 250 valence electrons. The molecule has 2 N–H and O–H groups in total. The van der Waals surface area contributed by atoms with E-state index < -0.39 is 29.5 Å². The second kappa shape index (κ2) is 14.8. The molecule has 12 heteroatoms. The molecule has 4 aromatic carbocycles. The average molecular weight is 720 g/mol. The zero-order valence-corrected chi connectivity index (χ0v) is 28.8. The van der Waals surface area contributed by atoms with Crippen LogP contribution in [0.2, 0.25) is 0 Å². The number of hydrogen-bond donors (Lipinski definition) is 2. The van der Waals surface area contributed by atoms with E-state index in [0.717, 1.165) is 22.3 Å². The molecule has 1 aromatic heterocycles. The molecule has 5 aromatic rings. The minimum atomic E-state index is -1.01. The summed E-state index contributed by atoms with van der Waals surface area (Å²) in [5.41, 5.74) is 4.13. The number of rotatable bonds is 11. The van der Waals surface area contributed by atoms with Crippen LogP contribution in [0.25, 0.3) is 11.3 Å². The van der Waals surface area contributed by atoms with Gasteiger partial charge in [0.2, 0.25) is 5.91 Å². The van der Waals surface area contributed by atoms with Crippen LogP contribution >= 0.6 is 34.9 Å². The van der Waals surface area contributed by atoms with Crippen molar-refractivity contribution >= 4 is 58.6 Å². The minimum Gasteiger partial charge on any atom is -0.478 e. The van der Waals surface area contributed by atoms with Crippen LogP contribution in [0.3, 0.4) is 0 Å². The van der Waals surface area contributed by atoms with Crippen molar-refractivity contribution in [3.63, 3.8) is 0 Å². The molecule has 2 amide bonds. The summed E-state index contributed by atoms with van der Waals surface area (Å²) in [6.07, 6.45) is -0.593. The van der Waals surface area contributed by atoms with E-state index in [2.05, 4.69) is 5.32 Å². The quantitative estimate of drug-likeness (QED) is 0.112. The van der Waals surface area contributed by atoms with Crippen molar-refractivity contribution in [2.75, 3.05) is 5.75 Å². The fraction of sp³-hybridized carbons (Fsp3) is 0.132. The number of carbonyl (C=O) groups excluding carboxylic acids is 3. The first-order valence-electron chi connectivity index (χ1n) is 15.6. The molecular weight excluding hydrogens is 691 g/mol. The molecule has 0 radical (unpaired) electrons. The number of nitrogens with zero attached hydrogens (tertiary/aromatic N) is 2. The van der Waals surface area contributed by atoms with Gasteiger partial charge in [-0.2, -0.15) is 0 Å². The Balaban J connectivity index is 1.18. The Morgan fingerprint density at radius 2 is 1.52 bits per heavy atom. The molecule has 0 spiro atoms. The third-order valence-electron chi connectivity index (χ3n) is 8.20. The van der Waals surface area contributed by atoms with E-state index in [1.165, 1.54) is 51.9 Å². The monoisotopic (exact) mass is 719 g/mol. The van der Waals surface area contributed by atoms with Gasteiger partial charge in [-0.1, -0.05) is 115 Å². The molecule has 2 atom stereocenters. The van der Waals surface area contributed by atoms with Crippen molar-refractivity contribution < 1.29 is 29.0 Å². The van der Waals surface area contributed by atoms with Crippen molar-refractivity contribution in [3.8, 4) is 11.3 Å². The Hall–Kier alpha value is -5.17. The lowest BCUT2D eigenvalue weighted by atomic mass is 10.0. The summed E-state index contributed by atoms with van der Waals surface area (Å²) in [6, 6.07) is 33.8. The van der Waals surface area contributed by atoms with Crippen LogP contribution in [0.15, 0.2) is 136 Å². The number of nitrogens with one attached hydrogen (secondary N) is 1. The van der Waals surface area contributed by atoms with Crippen molar-refractivity contribution in [3.05, 3.63) is 153 Å². The third kappa shape index (κ3) is 7.09. The van der Waals surface area contributed by atoms with Gasteiger partial charge in [0.1, 0.15) is 17.1 Å². The van der Waals surface area contributed by atoms with Gasteiger partial charge < -0.3 is 15.2 Å². The zero-order chi connectivity index (χ0) is 34.6. The molecular formula is C38H29N3O6S3. The van der Waals surface area contributed by atoms with E-state index in [1.807, 2.05) is 96.4 Å². The van der Waals surface area contributed by atoms with Gasteiger partial charge >= 0.3 is 11.9 Å². The van der Waals surface area contributed by atoms with Gasteiger partial charge in [0.15, 0.2) is 10.4 Å². The van der Waals surface area contributed by atoms with Crippen LogP contribution in [-0.4, -0.2) is 55.9 Å². The minimum absolute atomic E-state index is 0.134. The molecule has 50 heavy (non-hydrogen) atoms. The smallest absolute Gasteiger partial charge is 0.356 e. The number of hydrogen-bond acceptors (Lipinski definition) is 9. The van der Waals surface area contributed by atoms with E-state index in [9.17, 15) is 24.3 Å². The number of carboxylic acids is 1. The first-order chi connectivity index (χ1) is 24.4. The third-order valence-corrected chi connectivity index (χ3v) is 11.7. The summed E-state index contributed by atoms with van der Waals surface area (Å²) in [5.74, 6) is -1.94. The normalized spacial score (nSPS) is 16.8. The highest BCUT2D eigenvalue weighted by atomic mass is 32.2. The fourth-order valence-electron chi connectivity index (χ4n) is 5.74. The largest absolute Gasteiger partial charge is 0.478 e. The van der Waals surface area contributed by atoms with Crippen LogP contribution in [0.5, 0.6) is 0 Å². The topological polar surface area (TPSA) is 126 Å². The lowest BCUT2D eigenvalue weighted by Gasteiger charge is -2.49. The Morgan fingerprint density at radius 1 is 0.900 bits per heavy atom. The molecule has 2 aliphatic rings. The highest BCUT2D eigenvalue weighted by Gasteiger charge is 2.55. The predicted molar refractivity (Wildman–Crippen MR) is 193 cm³/mol. The van der Waals surface area contributed by atoms with E-state index in [0.29, 0.717) is 20.7 Å². The number of β-lactam (4-membered cyclic amide) rings is 1. The lowest BCUT2D eigenvalue weighted by Crippen LogP contribution is -2.70. The number of thioether (sulfide) groups is 2. The summed E-state index contributed by atoms with van der Waals surface area (Å²) in [7, 11) is 0. The summed E-state index contributed by atoms with van der Waals surface area (Å²) in [5, 5.41) is 13.5. The fourth-order valence-corrected chi connectivity index (χ4v) is 9.20. The summed E-state index contributed by atoms with van der Waals surface area (Å²) in [4.78, 5) is 59.2. The van der Waals surface area contributed by atoms with Gasteiger partial charge in [-0.05, 0) is 28.8 Å². The second-order valence-corrected chi connectivity index (χ2v) is 14.8. The van der Waals surface area contributed by atoms with Crippen molar-refractivity contribution in [2.24, 2.45) is 0 Å². The SMILES string of the molecule is O=C(Cc1ccccc1)N[C@@H]1C(=O)N2C(C(=O)OC(c3ccccc3)c3ccccc3)=C(Sc3nc(-c4ccc(C(=O)O)cc4)cs3)CS[C@@H]12. The Morgan fingerprint density at radius 3 is 2.14 bits per heavy atom. The van der Waals surface area contributed by atoms with Crippen LogP contribution < -0.4 is 5.32 Å². The average Bonchev–Trinajstić information content (AvgIpc) is 3.62. The van der Waals surface area contributed by atoms with Crippen LogP contribution in [0, 0.1) is 0 Å². The van der Waals surface area contributed by atoms with Gasteiger partial charge in [-0.15, -0.1) is 23.1 Å². The number of carboxylic acid groups (broad SMARTS) is 1. The highest BCUT2D eigenvalue weighted by Crippen LogP contribution is 2.47. The standard InChI is InChI=1S/C38H29N3O6S3/c42-30(20-23-10-4-1-5-11-23)40-31-34(43)41-32(37(46)47-33(25-12-6-2-7-13-25)26-14-8-3-9-15-26)29(22-48-35(31)41)50-38-39-28(21-49-38)24-16-18-27(19-17-24)36(44)45/h1-19,21,31,33,35H,20,22H2,(H,40,42)(H,44,45)/t31-,35+/m1/s1.